The summed E-state index contributed by atoms with van der Waals surface area (Å²) in [5, 5.41) is 8.30. The molecule has 2 aliphatic rings. The Morgan fingerprint density at radius 3 is 2.93 bits per heavy atom. The molecule has 27 heavy (non-hydrogen) atoms. The maximum atomic E-state index is 5.69. The average molecular weight is 362 g/mol. The van der Waals surface area contributed by atoms with Gasteiger partial charge in [0.1, 0.15) is 13.2 Å². The van der Waals surface area contributed by atoms with Gasteiger partial charge in [-0.15, -0.1) is 0 Å². The van der Waals surface area contributed by atoms with Crippen LogP contribution in [0, 0.1) is 0 Å². The minimum absolute atomic E-state index is 0.305. The summed E-state index contributed by atoms with van der Waals surface area (Å²) in [7, 11) is 0. The fourth-order valence-electron chi connectivity index (χ4n) is 3.88. The maximum absolute atomic E-state index is 5.69. The number of fused-ring (bicyclic) bond motifs is 2. The van der Waals surface area contributed by atoms with Gasteiger partial charge in [-0.2, -0.15) is 5.10 Å². The Labute approximate surface area is 158 Å². The molecule has 0 bridgehead atoms. The molecule has 138 valence electrons. The lowest BCUT2D eigenvalue weighted by Crippen LogP contribution is -2.25. The number of nitrogens with one attached hydrogen (secondary N) is 1. The Hall–Kier alpha value is -2.86. The van der Waals surface area contributed by atoms with Crippen molar-refractivity contribution < 1.29 is 9.47 Å². The van der Waals surface area contributed by atoms with Gasteiger partial charge in [-0.05, 0) is 49.1 Å². The number of pyridine rings is 1. The van der Waals surface area contributed by atoms with Gasteiger partial charge >= 0.3 is 0 Å². The smallest absolute Gasteiger partial charge is 0.161 e. The van der Waals surface area contributed by atoms with Crippen LogP contribution in [-0.4, -0.2) is 28.0 Å². The van der Waals surface area contributed by atoms with Crippen molar-refractivity contribution in [1.29, 1.82) is 0 Å². The lowest BCUT2D eigenvalue weighted by molar-refractivity contribution is 0.171. The van der Waals surface area contributed by atoms with E-state index in [9.17, 15) is 0 Å². The zero-order valence-corrected chi connectivity index (χ0v) is 15.1. The first-order valence-electron chi connectivity index (χ1n) is 9.48. The first kappa shape index (κ1) is 16.3. The molecule has 0 fully saturated rings. The molecular formula is C21H22N4O2. The van der Waals surface area contributed by atoms with E-state index >= 15 is 0 Å². The van der Waals surface area contributed by atoms with Crippen molar-refractivity contribution in [2.45, 2.75) is 31.8 Å². The fourth-order valence-corrected chi connectivity index (χ4v) is 3.88. The Morgan fingerprint density at radius 2 is 2.04 bits per heavy atom. The van der Waals surface area contributed by atoms with Crippen LogP contribution in [0.15, 0.2) is 48.8 Å². The molecule has 1 N–H and O–H groups in total. The van der Waals surface area contributed by atoms with Crippen LogP contribution >= 0.6 is 0 Å². The van der Waals surface area contributed by atoms with E-state index in [1.54, 1.807) is 0 Å². The van der Waals surface area contributed by atoms with E-state index in [-0.39, 0.29) is 0 Å². The van der Waals surface area contributed by atoms with Crippen molar-refractivity contribution in [1.82, 2.24) is 20.1 Å². The van der Waals surface area contributed by atoms with E-state index in [1.807, 2.05) is 41.3 Å². The number of ether oxygens (including phenoxy) is 2. The van der Waals surface area contributed by atoms with Crippen molar-refractivity contribution in [3.63, 3.8) is 0 Å². The number of hydrogen-bond donors (Lipinski definition) is 1. The van der Waals surface area contributed by atoms with Crippen molar-refractivity contribution in [3.8, 4) is 17.3 Å². The molecule has 0 saturated carbocycles. The van der Waals surface area contributed by atoms with Crippen LogP contribution < -0.4 is 14.8 Å². The molecule has 1 aliphatic carbocycles. The highest BCUT2D eigenvalue weighted by Gasteiger charge is 2.25. The van der Waals surface area contributed by atoms with Crippen LogP contribution in [0.2, 0.25) is 0 Å². The van der Waals surface area contributed by atoms with Gasteiger partial charge in [-0.3, -0.25) is 0 Å². The first-order valence-corrected chi connectivity index (χ1v) is 9.48. The third-order valence-corrected chi connectivity index (χ3v) is 5.21. The molecule has 1 unspecified atom stereocenters. The van der Waals surface area contributed by atoms with Crippen LogP contribution in [0.25, 0.3) is 5.82 Å². The quantitative estimate of drug-likeness (QED) is 0.772. The van der Waals surface area contributed by atoms with E-state index < -0.39 is 0 Å². The van der Waals surface area contributed by atoms with Gasteiger partial charge in [0, 0.05) is 24.3 Å². The SMILES string of the molecule is c1ccc(-n2ncc3c2CCCC3NCc2ccc3c(c2)OCCO3)nc1. The topological polar surface area (TPSA) is 61.2 Å². The Morgan fingerprint density at radius 1 is 1.11 bits per heavy atom. The third-order valence-electron chi connectivity index (χ3n) is 5.21. The third kappa shape index (κ3) is 3.17. The summed E-state index contributed by atoms with van der Waals surface area (Å²) in [4.78, 5) is 4.44. The molecule has 0 amide bonds. The minimum Gasteiger partial charge on any atom is -0.486 e. The second-order valence-electron chi connectivity index (χ2n) is 6.95. The molecule has 6 nitrogen and oxygen atoms in total. The van der Waals surface area contributed by atoms with Crippen molar-refractivity contribution >= 4 is 0 Å². The maximum Gasteiger partial charge on any atom is 0.161 e. The van der Waals surface area contributed by atoms with Crippen LogP contribution in [0.1, 0.15) is 35.7 Å². The molecule has 3 heterocycles. The summed E-state index contributed by atoms with van der Waals surface area (Å²) < 4.78 is 13.3. The summed E-state index contributed by atoms with van der Waals surface area (Å²) in [5.74, 6) is 2.56. The van der Waals surface area contributed by atoms with E-state index in [0.29, 0.717) is 19.3 Å². The normalized spacial score (nSPS) is 18.1. The van der Waals surface area contributed by atoms with Crippen molar-refractivity contribution in [3.05, 3.63) is 65.6 Å². The van der Waals surface area contributed by atoms with Crippen LogP contribution in [0.3, 0.4) is 0 Å². The molecule has 1 atom stereocenters. The lowest BCUT2D eigenvalue weighted by Gasteiger charge is -2.25. The van der Waals surface area contributed by atoms with Gasteiger partial charge < -0.3 is 14.8 Å². The number of aromatic nitrogens is 3. The highest BCUT2D eigenvalue weighted by Crippen LogP contribution is 2.33. The number of nitrogens with zero attached hydrogens (tertiary/aromatic N) is 3. The standard InChI is InChI=1S/C21H22N4O2/c1-2-9-22-21(6-1)25-18-5-3-4-17(16(18)14-24-25)23-13-15-7-8-19-20(12-15)27-11-10-26-19/h1-2,6-9,12,14,17,23H,3-5,10-11,13H2. The predicted octanol–water partition coefficient (Wildman–Crippen LogP) is 3.21. The van der Waals surface area contributed by atoms with Gasteiger partial charge in [-0.25, -0.2) is 9.67 Å². The van der Waals surface area contributed by atoms with Crippen LogP contribution in [0.4, 0.5) is 0 Å². The van der Waals surface area contributed by atoms with E-state index in [1.165, 1.54) is 16.8 Å². The molecule has 0 saturated heterocycles. The first-order chi connectivity index (χ1) is 13.4. The summed E-state index contributed by atoms with van der Waals surface area (Å²) >= 11 is 0. The second kappa shape index (κ2) is 7.04. The minimum atomic E-state index is 0.305. The number of hydrogen-bond acceptors (Lipinski definition) is 5. The average Bonchev–Trinajstić information content (AvgIpc) is 3.17. The summed E-state index contributed by atoms with van der Waals surface area (Å²) in [5.41, 5.74) is 3.74. The molecule has 0 spiro atoms. The molecule has 0 radical (unpaired) electrons. The largest absolute Gasteiger partial charge is 0.486 e. The van der Waals surface area contributed by atoms with E-state index in [0.717, 1.165) is 43.1 Å². The van der Waals surface area contributed by atoms with Crippen LogP contribution in [0.5, 0.6) is 11.5 Å². The predicted molar refractivity (Wildman–Crippen MR) is 101 cm³/mol. The van der Waals surface area contributed by atoms with Gasteiger partial charge in [-0.1, -0.05) is 12.1 Å². The summed E-state index contributed by atoms with van der Waals surface area (Å²) in [6, 6.07) is 12.4. The van der Waals surface area contributed by atoms with Gasteiger partial charge in [0.2, 0.25) is 0 Å². The highest BCUT2D eigenvalue weighted by molar-refractivity contribution is 5.44. The van der Waals surface area contributed by atoms with Crippen molar-refractivity contribution in [2.75, 3.05) is 13.2 Å². The number of rotatable bonds is 4. The fraction of sp³-hybridized carbons (Fsp3) is 0.333. The van der Waals surface area contributed by atoms with Crippen molar-refractivity contribution in [2.24, 2.45) is 0 Å². The zero-order chi connectivity index (χ0) is 18.1. The van der Waals surface area contributed by atoms with E-state index in [4.69, 9.17) is 9.47 Å². The van der Waals surface area contributed by atoms with E-state index in [2.05, 4.69) is 27.5 Å². The molecule has 1 aliphatic heterocycles. The molecule has 3 aromatic rings. The summed E-state index contributed by atoms with van der Waals surface area (Å²) in [6.07, 6.45) is 7.10. The van der Waals surface area contributed by atoms with Gasteiger partial charge in [0.05, 0.1) is 11.9 Å². The molecular weight excluding hydrogens is 340 g/mol. The van der Waals surface area contributed by atoms with Gasteiger partial charge in [0.15, 0.2) is 17.3 Å². The molecule has 6 heteroatoms. The molecule has 2 aromatic heterocycles. The zero-order valence-electron chi connectivity index (χ0n) is 15.1. The Bertz CT molecular complexity index is 939. The second-order valence-corrected chi connectivity index (χ2v) is 6.95. The molecule has 5 rings (SSSR count). The van der Waals surface area contributed by atoms with Gasteiger partial charge in [0.25, 0.3) is 0 Å². The summed E-state index contributed by atoms with van der Waals surface area (Å²) in [6.45, 7) is 2.02. The Balaban J connectivity index is 1.34. The highest BCUT2D eigenvalue weighted by atomic mass is 16.6. The molecule has 1 aromatic carbocycles. The lowest BCUT2D eigenvalue weighted by atomic mass is 9.92. The van der Waals surface area contributed by atoms with Crippen LogP contribution in [-0.2, 0) is 13.0 Å². The monoisotopic (exact) mass is 362 g/mol. The number of benzene rings is 1. The Kier molecular flexibility index (Phi) is 4.26.